The average molecular weight is 238 g/mol. The van der Waals surface area contributed by atoms with Crippen LogP contribution in [0, 0.1) is 0 Å². The predicted molar refractivity (Wildman–Crippen MR) is 71.4 cm³/mol. The number of thiophene rings is 1. The summed E-state index contributed by atoms with van der Waals surface area (Å²) in [6.45, 7) is 6.54. The molecule has 0 saturated heterocycles. The summed E-state index contributed by atoms with van der Waals surface area (Å²) >= 11 is 1.94. The fraction of sp³-hybridized carbons (Fsp3) is 0.692. The summed E-state index contributed by atoms with van der Waals surface area (Å²) in [6.07, 6.45) is 4.03. The summed E-state index contributed by atoms with van der Waals surface area (Å²) in [5.41, 5.74) is 1.62. The van der Waals surface area contributed by atoms with Gasteiger partial charge in [0.25, 0.3) is 0 Å². The highest BCUT2D eigenvalue weighted by molar-refractivity contribution is 7.10. The van der Waals surface area contributed by atoms with Gasteiger partial charge in [-0.05, 0) is 48.7 Å². The predicted octanol–water partition coefficient (Wildman–Crippen LogP) is 2.37. The van der Waals surface area contributed by atoms with Gasteiger partial charge in [-0.3, -0.25) is 0 Å². The van der Waals surface area contributed by atoms with Crippen molar-refractivity contribution in [2.24, 2.45) is 0 Å². The first kappa shape index (κ1) is 12.1. The van der Waals surface area contributed by atoms with Crippen molar-refractivity contribution in [1.82, 2.24) is 10.6 Å². The van der Waals surface area contributed by atoms with E-state index in [1.165, 1.54) is 19.3 Å². The Morgan fingerprint density at radius 1 is 1.38 bits per heavy atom. The molecule has 0 saturated carbocycles. The number of hydrogen-bond acceptors (Lipinski definition) is 3. The number of rotatable bonds is 6. The molecule has 2 N–H and O–H groups in total. The molecule has 1 heterocycles. The lowest BCUT2D eigenvalue weighted by Gasteiger charge is -2.22. The molecule has 1 aliphatic carbocycles. The highest BCUT2D eigenvalue weighted by Gasteiger charge is 2.20. The quantitative estimate of drug-likeness (QED) is 0.744. The molecule has 1 aliphatic rings. The Bertz CT molecular complexity index is 309. The van der Waals surface area contributed by atoms with Gasteiger partial charge < -0.3 is 10.6 Å². The zero-order chi connectivity index (χ0) is 11.2. The van der Waals surface area contributed by atoms with Gasteiger partial charge in [0.2, 0.25) is 0 Å². The van der Waals surface area contributed by atoms with E-state index in [9.17, 15) is 0 Å². The van der Waals surface area contributed by atoms with Crippen LogP contribution in [-0.4, -0.2) is 26.2 Å². The zero-order valence-corrected chi connectivity index (χ0v) is 10.9. The van der Waals surface area contributed by atoms with Crippen molar-refractivity contribution in [2.75, 3.05) is 26.2 Å². The maximum Gasteiger partial charge on any atom is 0.00805 e. The van der Waals surface area contributed by atoms with Gasteiger partial charge in [0.15, 0.2) is 0 Å². The normalized spacial score (nSPS) is 19.7. The van der Waals surface area contributed by atoms with Crippen molar-refractivity contribution in [3.63, 3.8) is 0 Å². The molecule has 0 spiro atoms. The lowest BCUT2D eigenvalue weighted by molar-refractivity contribution is 0.506. The van der Waals surface area contributed by atoms with E-state index in [-0.39, 0.29) is 0 Å². The van der Waals surface area contributed by atoms with Crippen LogP contribution in [0.15, 0.2) is 11.4 Å². The van der Waals surface area contributed by atoms with Crippen molar-refractivity contribution in [3.8, 4) is 0 Å². The van der Waals surface area contributed by atoms with Crippen LogP contribution in [0.5, 0.6) is 0 Å². The summed E-state index contributed by atoms with van der Waals surface area (Å²) < 4.78 is 0. The molecule has 16 heavy (non-hydrogen) atoms. The first-order valence-electron chi connectivity index (χ1n) is 6.39. The number of nitrogens with one attached hydrogen (secondary N) is 2. The molecule has 1 aromatic heterocycles. The van der Waals surface area contributed by atoms with Crippen LogP contribution >= 0.6 is 11.3 Å². The number of likely N-dealkylation sites (N-methyl/N-ethyl adjacent to an activating group) is 1. The van der Waals surface area contributed by atoms with E-state index in [4.69, 9.17) is 0 Å². The Hall–Kier alpha value is -0.380. The van der Waals surface area contributed by atoms with E-state index >= 15 is 0 Å². The van der Waals surface area contributed by atoms with E-state index in [2.05, 4.69) is 29.0 Å². The largest absolute Gasteiger partial charge is 0.316 e. The fourth-order valence-electron chi connectivity index (χ4n) is 2.42. The second kappa shape index (κ2) is 6.38. The number of fused-ring (bicyclic) bond motifs is 1. The van der Waals surface area contributed by atoms with Gasteiger partial charge >= 0.3 is 0 Å². The summed E-state index contributed by atoms with van der Waals surface area (Å²) in [5.74, 6) is 0.761. The monoisotopic (exact) mass is 238 g/mol. The highest BCUT2D eigenvalue weighted by Crippen LogP contribution is 2.34. The smallest absolute Gasteiger partial charge is 0.00805 e. The minimum absolute atomic E-state index is 0.761. The van der Waals surface area contributed by atoms with Crippen molar-refractivity contribution in [3.05, 3.63) is 21.9 Å². The molecule has 1 unspecified atom stereocenters. The van der Waals surface area contributed by atoms with Crippen LogP contribution in [0.3, 0.4) is 0 Å². The molecule has 0 bridgehead atoms. The van der Waals surface area contributed by atoms with Gasteiger partial charge in [0.05, 0.1) is 0 Å². The molecule has 0 amide bonds. The summed E-state index contributed by atoms with van der Waals surface area (Å²) in [5, 5.41) is 9.15. The molecular formula is C13H22N2S. The van der Waals surface area contributed by atoms with Crippen LogP contribution in [0.2, 0.25) is 0 Å². The highest BCUT2D eigenvalue weighted by atomic mass is 32.1. The van der Waals surface area contributed by atoms with Gasteiger partial charge in [0, 0.05) is 24.5 Å². The fourth-order valence-corrected chi connectivity index (χ4v) is 3.44. The molecule has 1 atom stereocenters. The molecule has 2 rings (SSSR count). The third kappa shape index (κ3) is 3.06. The third-order valence-corrected chi connectivity index (χ3v) is 4.29. The van der Waals surface area contributed by atoms with Crippen LogP contribution in [0.4, 0.5) is 0 Å². The minimum atomic E-state index is 0.761. The van der Waals surface area contributed by atoms with Gasteiger partial charge in [0.1, 0.15) is 0 Å². The second-order valence-electron chi connectivity index (χ2n) is 4.45. The topological polar surface area (TPSA) is 24.1 Å². The summed E-state index contributed by atoms with van der Waals surface area (Å²) in [7, 11) is 0. The first-order chi connectivity index (χ1) is 7.92. The lowest BCUT2D eigenvalue weighted by atomic mass is 9.88. The van der Waals surface area contributed by atoms with E-state index < -0.39 is 0 Å². The molecule has 1 aromatic rings. The van der Waals surface area contributed by atoms with Gasteiger partial charge in [-0.1, -0.05) is 6.92 Å². The van der Waals surface area contributed by atoms with Gasteiger partial charge in [-0.25, -0.2) is 0 Å². The Labute approximate surface area is 102 Å². The second-order valence-corrected chi connectivity index (χ2v) is 5.45. The van der Waals surface area contributed by atoms with Crippen LogP contribution in [0.25, 0.3) is 0 Å². The first-order valence-corrected chi connectivity index (χ1v) is 7.27. The molecule has 3 heteroatoms. The molecule has 0 aliphatic heterocycles. The van der Waals surface area contributed by atoms with Crippen LogP contribution in [0.1, 0.15) is 36.1 Å². The standard InChI is InChI=1S/C13H22N2S/c1-2-14-7-8-15-10-11-4-3-5-13-12(11)6-9-16-13/h6,9,11,14-15H,2-5,7-8,10H2,1H3. The molecule has 0 aromatic carbocycles. The Balaban J connectivity index is 1.75. The summed E-state index contributed by atoms with van der Waals surface area (Å²) in [6, 6.07) is 2.33. The molecule has 0 fully saturated rings. The lowest BCUT2D eigenvalue weighted by Crippen LogP contribution is -2.30. The van der Waals surface area contributed by atoms with E-state index in [0.717, 1.165) is 32.1 Å². The molecule has 0 radical (unpaired) electrons. The van der Waals surface area contributed by atoms with Crippen LogP contribution < -0.4 is 10.6 Å². The van der Waals surface area contributed by atoms with Gasteiger partial charge in [-0.2, -0.15) is 0 Å². The van der Waals surface area contributed by atoms with E-state index in [1.807, 2.05) is 11.3 Å². The zero-order valence-electron chi connectivity index (χ0n) is 10.1. The molecule has 2 nitrogen and oxygen atoms in total. The summed E-state index contributed by atoms with van der Waals surface area (Å²) in [4.78, 5) is 1.63. The average Bonchev–Trinajstić information content (AvgIpc) is 2.77. The Morgan fingerprint density at radius 3 is 3.12 bits per heavy atom. The maximum absolute atomic E-state index is 3.56. The Kier molecular flexibility index (Phi) is 4.82. The van der Waals surface area contributed by atoms with E-state index in [1.54, 1.807) is 10.4 Å². The number of hydrogen-bond donors (Lipinski definition) is 2. The van der Waals surface area contributed by atoms with Crippen molar-refractivity contribution in [2.45, 2.75) is 32.1 Å². The third-order valence-electron chi connectivity index (χ3n) is 3.30. The van der Waals surface area contributed by atoms with Crippen LogP contribution in [-0.2, 0) is 6.42 Å². The SMILES string of the molecule is CCNCCNCC1CCCc2sccc21. The number of aryl methyl sites for hydroxylation is 1. The van der Waals surface area contributed by atoms with Crippen molar-refractivity contribution < 1.29 is 0 Å². The van der Waals surface area contributed by atoms with Gasteiger partial charge in [-0.15, -0.1) is 11.3 Å². The van der Waals surface area contributed by atoms with E-state index in [0.29, 0.717) is 0 Å². The van der Waals surface area contributed by atoms with Crippen molar-refractivity contribution in [1.29, 1.82) is 0 Å². The Morgan fingerprint density at radius 2 is 2.25 bits per heavy atom. The maximum atomic E-state index is 3.56. The molecule has 90 valence electrons. The molecular weight excluding hydrogens is 216 g/mol. The minimum Gasteiger partial charge on any atom is -0.316 e. The van der Waals surface area contributed by atoms with Crippen molar-refractivity contribution >= 4 is 11.3 Å².